The molecule has 53 heavy (non-hydrogen) atoms. The third-order valence-electron chi connectivity index (χ3n) is 9.90. The van der Waals surface area contributed by atoms with E-state index in [1.165, 1.54) is 148 Å². The molecule has 1 unspecified atom stereocenters. The molecule has 0 aromatic rings. The molecule has 0 heterocycles. The Morgan fingerprint density at radius 2 is 0.811 bits per heavy atom. The van der Waals surface area contributed by atoms with Crippen molar-refractivity contribution in [2.45, 2.75) is 232 Å². The van der Waals surface area contributed by atoms with Crippen LogP contribution in [0.3, 0.4) is 0 Å². The van der Waals surface area contributed by atoms with Crippen molar-refractivity contribution >= 4 is 11.9 Å². The molecular weight excluding hydrogens is 657 g/mol. The quantitative estimate of drug-likeness (QED) is 0.0384. The Labute approximate surface area is 328 Å². The molecule has 0 radical (unpaired) electrons. The predicted octanol–water partition coefficient (Wildman–Crippen LogP) is 14.6. The molecule has 1 N–H and O–H groups in total. The topological polar surface area (TPSA) is 72.8 Å². The Hall–Kier alpha value is -2.14. The van der Waals surface area contributed by atoms with Crippen molar-refractivity contribution < 1.29 is 24.2 Å². The van der Waals surface area contributed by atoms with Gasteiger partial charge in [-0.25, -0.2) is 0 Å². The molecule has 0 aliphatic heterocycles. The summed E-state index contributed by atoms with van der Waals surface area (Å²) in [7, 11) is 0. The van der Waals surface area contributed by atoms with Crippen molar-refractivity contribution in [2.75, 3.05) is 13.2 Å². The number of hydrogen-bond donors (Lipinski definition) is 1. The van der Waals surface area contributed by atoms with Crippen LogP contribution >= 0.6 is 0 Å². The van der Waals surface area contributed by atoms with E-state index in [1.54, 1.807) is 0 Å². The molecule has 1 atom stereocenters. The van der Waals surface area contributed by atoms with E-state index in [1.807, 2.05) is 12.2 Å². The first-order valence-corrected chi connectivity index (χ1v) is 22.7. The van der Waals surface area contributed by atoms with Crippen LogP contribution in [0.5, 0.6) is 0 Å². The van der Waals surface area contributed by atoms with E-state index in [-0.39, 0.29) is 25.6 Å². The van der Waals surface area contributed by atoms with E-state index in [4.69, 9.17) is 9.47 Å². The Kier molecular flexibility index (Phi) is 42.5. The van der Waals surface area contributed by atoms with Gasteiger partial charge < -0.3 is 14.6 Å². The highest BCUT2D eigenvalue weighted by atomic mass is 16.6. The van der Waals surface area contributed by atoms with Crippen molar-refractivity contribution in [3.8, 4) is 0 Å². The van der Waals surface area contributed by atoms with Crippen LogP contribution < -0.4 is 0 Å². The highest BCUT2D eigenvalue weighted by Gasteiger charge is 2.15. The van der Waals surface area contributed by atoms with Gasteiger partial charge in [0.1, 0.15) is 6.61 Å². The summed E-state index contributed by atoms with van der Waals surface area (Å²) < 4.78 is 10.6. The Balaban J connectivity index is 3.49. The fourth-order valence-corrected chi connectivity index (χ4v) is 6.51. The molecule has 0 aliphatic rings. The summed E-state index contributed by atoms with van der Waals surface area (Å²) in [6.07, 6.45) is 56.5. The van der Waals surface area contributed by atoms with Crippen LogP contribution in [-0.2, 0) is 19.1 Å². The van der Waals surface area contributed by atoms with E-state index in [0.717, 1.165) is 44.9 Å². The number of carbonyl (C=O) groups is 2. The second-order valence-corrected chi connectivity index (χ2v) is 15.1. The van der Waals surface area contributed by atoms with Gasteiger partial charge in [-0.1, -0.05) is 223 Å². The lowest BCUT2D eigenvalue weighted by molar-refractivity contribution is -0.161. The summed E-state index contributed by atoms with van der Waals surface area (Å²) in [5.41, 5.74) is 0. The number of ether oxygens (including phenoxy) is 2. The lowest BCUT2D eigenvalue weighted by atomic mass is 10.0. The van der Waals surface area contributed by atoms with Crippen molar-refractivity contribution in [3.05, 3.63) is 48.6 Å². The standard InChI is InChI=1S/C48H86O5/c1-3-5-7-9-11-13-15-17-18-19-20-21-22-23-24-25-26-27-28-29-31-32-34-36-38-40-42-47(50)52-45-46(44-49)53-48(51)43-41-39-37-35-33-30-16-14-12-10-8-6-4-2/h6,8,12,14,30,33,37,39,46,49H,3-5,7,9-11,13,15-29,31-32,34-36,38,40-45H2,1-2H3/b8-6-,14-12-,33-30-,39-37-. The lowest BCUT2D eigenvalue weighted by Crippen LogP contribution is -2.28. The highest BCUT2D eigenvalue weighted by Crippen LogP contribution is 2.16. The van der Waals surface area contributed by atoms with E-state index in [9.17, 15) is 14.7 Å². The fraction of sp³-hybridized carbons (Fsp3) is 0.792. The molecule has 0 rings (SSSR count). The molecule has 308 valence electrons. The molecular formula is C48H86O5. The Morgan fingerprint density at radius 1 is 0.453 bits per heavy atom. The molecule has 0 bridgehead atoms. The normalized spacial score (nSPS) is 12.6. The van der Waals surface area contributed by atoms with Gasteiger partial charge in [-0.2, -0.15) is 0 Å². The molecule has 5 nitrogen and oxygen atoms in total. The number of carbonyl (C=O) groups excluding carboxylic acids is 2. The molecule has 0 saturated carbocycles. The van der Waals surface area contributed by atoms with E-state index in [0.29, 0.717) is 12.8 Å². The van der Waals surface area contributed by atoms with Crippen LogP contribution in [0.2, 0.25) is 0 Å². The van der Waals surface area contributed by atoms with Gasteiger partial charge in [0.2, 0.25) is 0 Å². The number of unbranched alkanes of at least 4 members (excludes halogenated alkanes) is 25. The maximum Gasteiger partial charge on any atom is 0.306 e. The first-order chi connectivity index (χ1) is 26.1. The second kappa shape index (κ2) is 44.3. The average molecular weight is 743 g/mol. The van der Waals surface area contributed by atoms with Crippen LogP contribution in [0, 0.1) is 0 Å². The van der Waals surface area contributed by atoms with Crippen molar-refractivity contribution in [1.82, 2.24) is 0 Å². The molecule has 0 amide bonds. The molecule has 0 aromatic heterocycles. The number of hydrogen-bond acceptors (Lipinski definition) is 5. The van der Waals surface area contributed by atoms with Gasteiger partial charge in [-0.15, -0.1) is 0 Å². The Bertz CT molecular complexity index is 888. The monoisotopic (exact) mass is 743 g/mol. The number of rotatable bonds is 41. The zero-order valence-corrected chi connectivity index (χ0v) is 35.0. The van der Waals surface area contributed by atoms with Crippen LogP contribution in [0.15, 0.2) is 48.6 Å². The molecule has 5 heteroatoms. The van der Waals surface area contributed by atoms with E-state index < -0.39 is 12.1 Å². The summed E-state index contributed by atoms with van der Waals surface area (Å²) in [5, 5.41) is 9.55. The lowest BCUT2D eigenvalue weighted by Gasteiger charge is -2.15. The number of aliphatic hydroxyl groups is 1. The minimum atomic E-state index is -0.808. The number of allylic oxidation sites excluding steroid dienone is 8. The Morgan fingerprint density at radius 3 is 1.19 bits per heavy atom. The summed E-state index contributed by atoms with van der Waals surface area (Å²) in [6.45, 7) is 3.98. The molecule has 0 aromatic carbocycles. The van der Waals surface area contributed by atoms with Gasteiger partial charge >= 0.3 is 11.9 Å². The third kappa shape index (κ3) is 42.5. The average Bonchev–Trinajstić information content (AvgIpc) is 3.16. The van der Waals surface area contributed by atoms with Gasteiger partial charge in [0, 0.05) is 12.8 Å². The van der Waals surface area contributed by atoms with Gasteiger partial charge in [0.15, 0.2) is 6.10 Å². The maximum atomic E-state index is 12.1. The maximum absolute atomic E-state index is 12.1. The first kappa shape index (κ1) is 50.9. The molecule has 0 saturated heterocycles. The van der Waals surface area contributed by atoms with Crippen molar-refractivity contribution in [1.29, 1.82) is 0 Å². The molecule has 0 fully saturated rings. The number of esters is 2. The zero-order valence-electron chi connectivity index (χ0n) is 35.0. The van der Waals surface area contributed by atoms with Crippen LogP contribution in [0.4, 0.5) is 0 Å². The second-order valence-electron chi connectivity index (χ2n) is 15.1. The summed E-state index contributed by atoms with van der Waals surface area (Å²) in [5.74, 6) is -0.679. The SMILES string of the molecule is CC/C=C\C/C=C\C/C=C\C/C=C\CCC(=O)OC(CO)COC(=O)CCCCCCCCCCCCCCCCCCCCCCCCCCCC. The number of aliphatic hydroxyl groups excluding tert-OH is 1. The zero-order chi connectivity index (χ0) is 38.6. The van der Waals surface area contributed by atoms with E-state index in [2.05, 4.69) is 50.3 Å². The van der Waals surface area contributed by atoms with Crippen molar-refractivity contribution in [3.63, 3.8) is 0 Å². The minimum absolute atomic E-state index is 0.0927. The summed E-state index contributed by atoms with van der Waals surface area (Å²) in [4.78, 5) is 24.3. The van der Waals surface area contributed by atoms with Crippen molar-refractivity contribution in [2.24, 2.45) is 0 Å². The third-order valence-corrected chi connectivity index (χ3v) is 9.90. The minimum Gasteiger partial charge on any atom is -0.462 e. The predicted molar refractivity (Wildman–Crippen MR) is 228 cm³/mol. The molecule has 0 aliphatic carbocycles. The fourth-order valence-electron chi connectivity index (χ4n) is 6.51. The molecule has 0 spiro atoms. The van der Waals surface area contributed by atoms with E-state index >= 15 is 0 Å². The van der Waals surface area contributed by atoms with Gasteiger partial charge in [-0.05, 0) is 38.5 Å². The largest absolute Gasteiger partial charge is 0.462 e. The summed E-state index contributed by atoms with van der Waals surface area (Å²) in [6, 6.07) is 0. The van der Waals surface area contributed by atoms with Crippen LogP contribution in [0.1, 0.15) is 226 Å². The smallest absolute Gasteiger partial charge is 0.306 e. The van der Waals surface area contributed by atoms with Gasteiger partial charge in [-0.3, -0.25) is 9.59 Å². The highest BCUT2D eigenvalue weighted by molar-refractivity contribution is 5.70. The van der Waals surface area contributed by atoms with Crippen LogP contribution in [-0.4, -0.2) is 36.4 Å². The summed E-state index contributed by atoms with van der Waals surface area (Å²) >= 11 is 0. The van der Waals surface area contributed by atoms with Gasteiger partial charge in [0.05, 0.1) is 6.61 Å². The van der Waals surface area contributed by atoms with Gasteiger partial charge in [0.25, 0.3) is 0 Å². The first-order valence-electron chi connectivity index (χ1n) is 22.7. The van der Waals surface area contributed by atoms with Crippen LogP contribution in [0.25, 0.3) is 0 Å².